The van der Waals surface area contributed by atoms with Gasteiger partial charge in [0.05, 0.1) is 19.8 Å². The third-order valence-corrected chi connectivity index (χ3v) is 8.61. The van der Waals surface area contributed by atoms with Crippen molar-refractivity contribution in [3.63, 3.8) is 0 Å². The maximum atomic E-state index is 12.5. The lowest BCUT2D eigenvalue weighted by Gasteiger charge is -2.19. The van der Waals surface area contributed by atoms with Crippen LogP contribution in [0.3, 0.4) is 0 Å². The number of aliphatic hydroxyl groups excluding tert-OH is 1. The second-order valence-electron chi connectivity index (χ2n) is 12.0. The van der Waals surface area contributed by atoms with Crippen molar-refractivity contribution < 1.29 is 42.7 Å². The number of esters is 2. The van der Waals surface area contributed by atoms with Crippen LogP contribution < -0.4 is 0 Å². The van der Waals surface area contributed by atoms with Gasteiger partial charge in [-0.1, -0.05) is 129 Å². The van der Waals surface area contributed by atoms with Crippen molar-refractivity contribution in [1.29, 1.82) is 0 Å². The van der Waals surface area contributed by atoms with Gasteiger partial charge in [0.2, 0.25) is 0 Å². The predicted octanol–water partition coefficient (Wildman–Crippen LogP) is 9.53. The number of unbranched alkanes of at least 4 members (excludes halogenated alkanes) is 19. The Hall–Kier alpha value is -1.25. The Labute approximate surface area is 274 Å². The van der Waals surface area contributed by atoms with Gasteiger partial charge in [-0.05, 0) is 38.5 Å². The number of ether oxygens (including phenoxy) is 2. The molecule has 2 N–H and O–H groups in total. The Morgan fingerprint density at radius 3 is 1.56 bits per heavy atom. The van der Waals surface area contributed by atoms with E-state index in [9.17, 15) is 19.0 Å². The van der Waals surface area contributed by atoms with Gasteiger partial charge < -0.3 is 19.5 Å². The number of hydrogen-bond donors (Lipinski definition) is 2. The van der Waals surface area contributed by atoms with E-state index in [1.807, 2.05) is 0 Å². The first kappa shape index (κ1) is 43.8. The summed E-state index contributed by atoms with van der Waals surface area (Å²) >= 11 is 0. The molecule has 45 heavy (non-hydrogen) atoms. The van der Waals surface area contributed by atoms with Crippen LogP contribution in [0.1, 0.15) is 168 Å². The fraction of sp³-hybridized carbons (Fsp3) is 0.886. The molecular formula is C35H67O9P. The SMILES string of the molecule is CCCCCCCCC=CCCCCCCCC(=O)OC(COC(=O)CCCCCCCCCCC)COP(=O)(O)OCCO. The van der Waals surface area contributed by atoms with E-state index >= 15 is 0 Å². The summed E-state index contributed by atoms with van der Waals surface area (Å²) in [4.78, 5) is 34.5. The minimum atomic E-state index is -4.44. The van der Waals surface area contributed by atoms with Crippen molar-refractivity contribution in [3.8, 4) is 0 Å². The van der Waals surface area contributed by atoms with Crippen LogP contribution in [0.5, 0.6) is 0 Å². The van der Waals surface area contributed by atoms with Gasteiger partial charge in [-0.2, -0.15) is 0 Å². The molecule has 0 saturated carbocycles. The molecule has 0 rings (SSSR count). The summed E-state index contributed by atoms with van der Waals surface area (Å²) in [5, 5.41) is 8.82. The first-order chi connectivity index (χ1) is 21.8. The zero-order valence-electron chi connectivity index (χ0n) is 28.7. The van der Waals surface area contributed by atoms with Crippen molar-refractivity contribution in [2.24, 2.45) is 0 Å². The molecule has 2 atom stereocenters. The van der Waals surface area contributed by atoms with Crippen molar-refractivity contribution in [3.05, 3.63) is 12.2 Å². The van der Waals surface area contributed by atoms with E-state index in [0.29, 0.717) is 6.42 Å². The van der Waals surface area contributed by atoms with E-state index in [0.717, 1.165) is 51.4 Å². The molecule has 0 bridgehead atoms. The fourth-order valence-electron chi connectivity index (χ4n) is 4.91. The molecule has 0 fully saturated rings. The standard InChI is InChI=1S/C35H67O9P/c1-3-5-7-9-11-13-14-15-16-17-18-20-22-24-26-28-35(38)44-33(32-43-45(39,40)42-30-29-36)31-41-34(37)27-25-23-21-19-12-10-8-6-4-2/h15-16,33,36H,3-14,17-32H2,1-2H3,(H,39,40). The summed E-state index contributed by atoms with van der Waals surface area (Å²) in [7, 11) is -4.44. The molecule has 0 aliphatic heterocycles. The number of hydrogen-bond acceptors (Lipinski definition) is 8. The highest BCUT2D eigenvalue weighted by Gasteiger charge is 2.26. The molecule has 0 heterocycles. The maximum absolute atomic E-state index is 12.5. The minimum absolute atomic E-state index is 0.207. The van der Waals surface area contributed by atoms with Crippen LogP contribution in [0, 0.1) is 0 Å². The number of allylic oxidation sites excluding steroid dienone is 2. The number of carbonyl (C=O) groups excluding carboxylic acids is 2. The third kappa shape index (κ3) is 32.5. The molecule has 0 spiro atoms. The Balaban J connectivity index is 4.24. The molecule has 0 saturated heterocycles. The summed E-state index contributed by atoms with van der Waals surface area (Å²) in [5.74, 6) is -0.875. The van der Waals surface area contributed by atoms with Crippen LogP contribution in [0.2, 0.25) is 0 Å². The molecule has 0 aliphatic rings. The average Bonchev–Trinajstić information content (AvgIpc) is 3.02. The van der Waals surface area contributed by atoms with Gasteiger partial charge in [0, 0.05) is 12.8 Å². The minimum Gasteiger partial charge on any atom is -0.462 e. The molecule has 0 aromatic rings. The second kappa shape index (κ2) is 32.7. The molecule has 10 heteroatoms. The van der Waals surface area contributed by atoms with E-state index in [2.05, 4.69) is 30.5 Å². The summed E-state index contributed by atoms with van der Waals surface area (Å²) in [6, 6.07) is 0. The Kier molecular flexibility index (Phi) is 31.8. The molecule has 0 aromatic carbocycles. The van der Waals surface area contributed by atoms with E-state index in [4.69, 9.17) is 19.1 Å². The Bertz CT molecular complexity index is 759. The topological polar surface area (TPSA) is 129 Å². The quantitative estimate of drug-likeness (QED) is 0.0299. The van der Waals surface area contributed by atoms with Crippen LogP contribution in [0.15, 0.2) is 12.2 Å². The van der Waals surface area contributed by atoms with Crippen molar-refractivity contribution in [2.75, 3.05) is 26.4 Å². The zero-order chi connectivity index (χ0) is 33.3. The number of rotatable bonds is 34. The average molecular weight is 663 g/mol. The molecular weight excluding hydrogens is 595 g/mol. The molecule has 2 unspecified atom stereocenters. The van der Waals surface area contributed by atoms with Gasteiger partial charge in [0.1, 0.15) is 6.61 Å². The fourth-order valence-corrected chi connectivity index (χ4v) is 5.65. The molecule has 266 valence electrons. The molecule has 0 aliphatic carbocycles. The second-order valence-corrected chi connectivity index (χ2v) is 13.5. The van der Waals surface area contributed by atoms with Gasteiger partial charge >= 0.3 is 19.8 Å². The van der Waals surface area contributed by atoms with Gasteiger partial charge in [-0.15, -0.1) is 0 Å². The first-order valence-corrected chi connectivity index (χ1v) is 19.6. The smallest absolute Gasteiger partial charge is 0.462 e. The van der Waals surface area contributed by atoms with E-state index in [1.54, 1.807) is 0 Å². The normalized spacial score (nSPS) is 13.6. The summed E-state index contributed by atoms with van der Waals surface area (Å²) in [6.07, 6.45) is 29.4. The summed E-state index contributed by atoms with van der Waals surface area (Å²) in [5.41, 5.74) is 0. The van der Waals surface area contributed by atoms with Crippen LogP contribution in [-0.4, -0.2) is 54.5 Å². The first-order valence-electron chi connectivity index (χ1n) is 18.1. The Morgan fingerprint density at radius 2 is 1.07 bits per heavy atom. The van der Waals surface area contributed by atoms with Crippen LogP contribution >= 0.6 is 7.82 Å². The lowest BCUT2D eigenvalue weighted by molar-refractivity contribution is -0.161. The highest BCUT2D eigenvalue weighted by atomic mass is 31.2. The lowest BCUT2D eigenvalue weighted by atomic mass is 10.1. The van der Waals surface area contributed by atoms with Crippen molar-refractivity contribution in [2.45, 2.75) is 174 Å². The number of carbonyl (C=O) groups is 2. The van der Waals surface area contributed by atoms with Gasteiger partial charge in [0.25, 0.3) is 0 Å². The summed E-state index contributed by atoms with van der Waals surface area (Å²) < 4.78 is 32.3. The monoisotopic (exact) mass is 662 g/mol. The summed E-state index contributed by atoms with van der Waals surface area (Å²) in [6.45, 7) is 2.89. The number of aliphatic hydroxyl groups is 1. The lowest BCUT2D eigenvalue weighted by Crippen LogP contribution is -2.29. The van der Waals surface area contributed by atoms with Gasteiger partial charge in [-0.25, -0.2) is 4.57 Å². The zero-order valence-corrected chi connectivity index (χ0v) is 29.6. The Morgan fingerprint density at radius 1 is 0.622 bits per heavy atom. The molecule has 9 nitrogen and oxygen atoms in total. The highest BCUT2D eigenvalue weighted by Crippen LogP contribution is 2.43. The predicted molar refractivity (Wildman–Crippen MR) is 181 cm³/mol. The van der Waals surface area contributed by atoms with Gasteiger partial charge in [-0.3, -0.25) is 18.6 Å². The largest absolute Gasteiger partial charge is 0.472 e. The van der Waals surface area contributed by atoms with Crippen LogP contribution in [-0.2, 0) is 32.7 Å². The number of phosphoric acid groups is 1. The number of phosphoric ester groups is 1. The van der Waals surface area contributed by atoms with E-state index in [1.165, 1.54) is 83.5 Å². The molecule has 0 aromatic heterocycles. The van der Waals surface area contributed by atoms with Crippen molar-refractivity contribution in [1.82, 2.24) is 0 Å². The third-order valence-electron chi connectivity index (χ3n) is 7.62. The van der Waals surface area contributed by atoms with Gasteiger partial charge in [0.15, 0.2) is 6.10 Å². The maximum Gasteiger partial charge on any atom is 0.472 e. The molecule has 0 radical (unpaired) electrons. The van der Waals surface area contributed by atoms with E-state index in [-0.39, 0.29) is 26.1 Å². The van der Waals surface area contributed by atoms with Crippen LogP contribution in [0.25, 0.3) is 0 Å². The van der Waals surface area contributed by atoms with E-state index < -0.39 is 39.1 Å². The van der Waals surface area contributed by atoms with Crippen LogP contribution in [0.4, 0.5) is 0 Å². The molecule has 0 amide bonds. The highest BCUT2D eigenvalue weighted by molar-refractivity contribution is 7.47. The van der Waals surface area contributed by atoms with Crippen molar-refractivity contribution >= 4 is 19.8 Å².